The summed E-state index contributed by atoms with van der Waals surface area (Å²) in [6, 6.07) is 57.2. The van der Waals surface area contributed by atoms with Crippen LogP contribution in [0.25, 0.3) is 97.6 Å². The van der Waals surface area contributed by atoms with E-state index in [1.807, 2.05) is 36.4 Å². The van der Waals surface area contributed by atoms with Crippen molar-refractivity contribution in [2.24, 2.45) is 0 Å². The fourth-order valence-corrected chi connectivity index (χ4v) is 9.49. The van der Waals surface area contributed by atoms with Gasteiger partial charge in [0, 0.05) is 0 Å². The Morgan fingerprint density at radius 2 is 0.940 bits per heavy atom. The molecule has 0 aliphatic rings. The Balaban J connectivity index is 1.15. The number of nitrogens with zero attached hydrogens (tertiary/aromatic N) is 3. The summed E-state index contributed by atoms with van der Waals surface area (Å²) in [5.41, 5.74) is 9.27. The Morgan fingerprint density at radius 1 is 0.380 bits per heavy atom. The predicted octanol–water partition coefficient (Wildman–Crippen LogP) is 11.5. The summed E-state index contributed by atoms with van der Waals surface area (Å²) in [5, 5.41) is 4.63. The van der Waals surface area contributed by atoms with E-state index in [1.165, 1.54) is 30.4 Å². The molecular formula is C45H27N3OSe. The van der Waals surface area contributed by atoms with Crippen molar-refractivity contribution < 1.29 is 4.42 Å². The van der Waals surface area contributed by atoms with Gasteiger partial charge < -0.3 is 0 Å². The first-order valence-corrected chi connectivity index (χ1v) is 18.3. The average molecular weight is 705 g/mol. The minimum absolute atomic E-state index is 0.145. The van der Waals surface area contributed by atoms with E-state index in [0.717, 1.165) is 49.8 Å². The van der Waals surface area contributed by atoms with Gasteiger partial charge in [-0.05, 0) is 5.56 Å². The van der Waals surface area contributed by atoms with Crippen LogP contribution in [0, 0.1) is 0 Å². The molecule has 4 nitrogen and oxygen atoms in total. The summed E-state index contributed by atoms with van der Waals surface area (Å²) in [5.74, 6) is 1.95. The van der Waals surface area contributed by atoms with Gasteiger partial charge in [-0.15, -0.1) is 0 Å². The zero-order chi connectivity index (χ0) is 33.0. The predicted molar refractivity (Wildman–Crippen MR) is 206 cm³/mol. The molecule has 0 unspecified atom stereocenters. The number of fused-ring (bicyclic) bond motifs is 6. The Kier molecular flexibility index (Phi) is 6.80. The van der Waals surface area contributed by atoms with Gasteiger partial charge in [0.1, 0.15) is 0 Å². The van der Waals surface area contributed by atoms with Crippen molar-refractivity contribution >= 4 is 55.7 Å². The third kappa shape index (κ3) is 4.87. The van der Waals surface area contributed by atoms with Crippen molar-refractivity contribution in [1.29, 1.82) is 0 Å². The van der Waals surface area contributed by atoms with Crippen molar-refractivity contribution in [1.82, 2.24) is 15.0 Å². The molecule has 0 N–H and O–H groups in total. The molecule has 0 radical (unpaired) electrons. The standard InChI is InChI=1S/C45H27N3OSe/c1-2-11-28(12-3-1)31-13-8-14-32(27-31)29-23-25-30(26-24-29)43-46-44(36-18-10-21-39-41(36)35-16-4-6-20-38(35)49-39)48-45(47-43)37-19-9-17-34-33-15-5-7-22-40(33)50-42(34)37/h1-27H. The minimum Gasteiger partial charge on any atom is -0.0617 e. The smallest absolute Gasteiger partial charge is 0.0544 e. The molecule has 7 aromatic carbocycles. The molecule has 10 rings (SSSR count). The third-order valence-electron chi connectivity index (χ3n) is 9.37. The molecule has 0 amide bonds. The van der Waals surface area contributed by atoms with Gasteiger partial charge in [-0.1, -0.05) is 36.4 Å². The normalized spacial score (nSPS) is 11.6. The van der Waals surface area contributed by atoms with Crippen LogP contribution in [-0.2, 0) is 0 Å². The fourth-order valence-electron chi connectivity index (χ4n) is 6.95. The molecule has 3 heterocycles. The van der Waals surface area contributed by atoms with Gasteiger partial charge in [-0.2, -0.15) is 0 Å². The molecule has 50 heavy (non-hydrogen) atoms. The summed E-state index contributed by atoms with van der Waals surface area (Å²) in [7, 11) is 0. The molecule has 0 saturated heterocycles. The van der Waals surface area contributed by atoms with Gasteiger partial charge in [0.2, 0.25) is 0 Å². The van der Waals surface area contributed by atoms with E-state index in [2.05, 4.69) is 127 Å². The molecule has 5 heteroatoms. The summed E-state index contributed by atoms with van der Waals surface area (Å²) >= 11 is 0.145. The summed E-state index contributed by atoms with van der Waals surface area (Å²) in [4.78, 5) is 15.6. The van der Waals surface area contributed by atoms with Gasteiger partial charge >= 0.3 is 253 Å². The monoisotopic (exact) mass is 705 g/mol. The summed E-state index contributed by atoms with van der Waals surface area (Å²) < 4.78 is 8.96. The zero-order valence-corrected chi connectivity index (χ0v) is 28.5. The van der Waals surface area contributed by atoms with Gasteiger partial charge in [-0.25, -0.2) is 0 Å². The van der Waals surface area contributed by atoms with Crippen LogP contribution < -0.4 is 0 Å². The molecule has 3 aromatic heterocycles. The second-order valence-electron chi connectivity index (χ2n) is 12.4. The number of benzene rings is 7. The Hall–Kier alpha value is -6.13. The molecular weight excluding hydrogens is 677 g/mol. The van der Waals surface area contributed by atoms with E-state index >= 15 is 0 Å². The van der Waals surface area contributed by atoms with Crippen LogP contribution in [0.1, 0.15) is 0 Å². The van der Waals surface area contributed by atoms with Crippen molar-refractivity contribution in [3.8, 4) is 56.4 Å². The Labute approximate surface area is 294 Å². The minimum atomic E-state index is 0.145. The summed E-state index contributed by atoms with van der Waals surface area (Å²) in [6.45, 7) is 0. The number of aromatic nitrogens is 3. The Bertz CT molecular complexity index is 2870. The van der Waals surface area contributed by atoms with E-state index in [9.17, 15) is 0 Å². The van der Waals surface area contributed by atoms with Crippen LogP contribution in [0.4, 0.5) is 0 Å². The Morgan fingerprint density at radius 3 is 1.78 bits per heavy atom. The van der Waals surface area contributed by atoms with E-state index < -0.39 is 0 Å². The van der Waals surface area contributed by atoms with Crippen molar-refractivity contribution in [2.45, 2.75) is 0 Å². The number of para-hydroxylation sites is 1. The molecule has 0 fully saturated rings. The number of hydrogen-bond donors (Lipinski definition) is 0. The van der Waals surface area contributed by atoms with Crippen molar-refractivity contribution in [2.75, 3.05) is 0 Å². The van der Waals surface area contributed by atoms with Gasteiger partial charge in [-0.3, -0.25) is 0 Å². The van der Waals surface area contributed by atoms with E-state index in [0.29, 0.717) is 17.5 Å². The van der Waals surface area contributed by atoms with Gasteiger partial charge in [0.15, 0.2) is 0 Å². The molecule has 234 valence electrons. The number of furan rings is 1. The van der Waals surface area contributed by atoms with E-state index in [1.54, 1.807) is 0 Å². The van der Waals surface area contributed by atoms with Crippen LogP contribution in [0.2, 0.25) is 0 Å². The van der Waals surface area contributed by atoms with Crippen LogP contribution >= 0.6 is 0 Å². The zero-order valence-electron chi connectivity index (χ0n) is 26.7. The molecule has 0 atom stereocenters. The second kappa shape index (κ2) is 11.8. The fraction of sp³-hybridized carbons (Fsp3) is 0. The second-order valence-corrected chi connectivity index (χ2v) is 14.6. The van der Waals surface area contributed by atoms with E-state index in [4.69, 9.17) is 19.4 Å². The maximum atomic E-state index is 6.26. The largest absolute Gasteiger partial charge is 0.0617 e. The van der Waals surface area contributed by atoms with Crippen LogP contribution in [-0.4, -0.2) is 29.5 Å². The quantitative estimate of drug-likeness (QED) is 0.167. The maximum Gasteiger partial charge on any atom is -0.0544 e. The van der Waals surface area contributed by atoms with Crippen LogP contribution in [0.3, 0.4) is 0 Å². The molecule has 10 aromatic rings. The molecule has 0 spiro atoms. The SMILES string of the molecule is c1ccc(-c2cccc(-c3ccc(-c4nc(-c5cccc6c5[se]c5ccccc56)nc(-c5cccc6oc7ccccc7c56)n4)cc3)c2)cc1. The molecule has 0 bridgehead atoms. The first-order chi connectivity index (χ1) is 24.8. The van der Waals surface area contributed by atoms with Crippen molar-refractivity contribution in [3.63, 3.8) is 0 Å². The van der Waals surface area contributed by atoms with Crippen LogP contribution in [0.15, 0.2) is 168 Å². The molecule has 0 aliphatic heterocycles. The van der Waals surface area contributed by atoms with Crippen molar-refractivity contribution in [3.05, 3.63) is 164 Å². The summed E-state index contributed by atoms with van der Waals surface area (Å²) in [6.07, 6.45) is 0. The molecule has 0 aliphatic carbocycles. The topological polar surface area (TPSA) is 51.8 Å². The van der Waals surface area contributed by atoms with Gasteiger partial charge in [0.25, 0.3) is 0 Å². The van der Waals surface area contributed by atoms with Gasteiger partial charge in [0.05, 0.1) is 0 Å². The number of rotatable bonds is 5. The third-order valence-corrected chi connectivity index (χ3v) is 11.9. The molecule has 0 saturated carbocycles. The van der Waals surface area contributed by atoms with E-state index in [-0.39, 0.29) is 14.5 Å². The number of hydrogen-bond acceptors (Lipinski definition) is 4. The maximum absolute atomic E-state index is 6.26. The first-order valence-electron chi connectivity index (χ1n) is 16.6. The average Bonchev–Trinajstić information content (AvgIpc) is 3.77. The van der Waals surface area contributed by atoms with Crippen LogP contribution in [0.5, 0.6) is 0 Å². The first kappa shape index (κ1) is 28.8.